The van der Waals surface area contributed by atoms with Crippen molar-refractivity contribution in [2.75, 3.05) is 6.54 Å². The molecule has 0 saturated heterocycles. The monoisotopic (exact) mass is 424 g/mol. The van der Waals surface area contributed by atoms with Crippen molar-refractivity contribution in [3.05, 3.63) is 57.5 Å². The molecule has 0 aliphatic rings. The summed E-state index contributed by atoms with van der Waals surface area (Å²) >= 11 is 7.55. The Morgan fingerprint density at radius 1 is 1.11 bits per heavy atom. The Kier molecular flexibility index (Phi) is 8.01. The topological polar surface area (TPSA) is 40.6 Å². The summed E-state index contributed by atoms with van der Waals surface area (Å²) in [4.78, 5) is 29.8. The molecule has 0 radical (unpaired) electrons. The second-order valence-electron chi connectivity index (χ2n) is 7.08. The van der Waals surface area contributed by atoms with Crippen molar-refractivity contribution in [1.82, 2.24) is 9.80 Å². The molecule has 0 bridgehead atoms. The van der Waals surface area contributed by atoms with E-state index in [0.717, 1.165) is 16.0 Å². The van der Waals surface area contributed by atoms with E-state index in [0.29, 0.717) is 13.1 Å². The second-order valence-corrected chi connectivity index (χ2v) is 8.73. The molecule has 1 atom stereocenters. The highest BCUT2D eigenvalue weighted by atomic mass is 35.5. The maximum atomic E-state index is 13.2. The lowest BCUT2D eigenvalue weighted by atomic mass is 10.2. The minimum atomic E-state index is -0.694. The molecule has 7 heteroatoms. The number of halogens is 2. The molecule has 2 rings (SSSR count). The van der Waals surface area contributed by atoms with Crippen molar-refractivity contribution >= 4 is 34.8 Å². The molecule has 1 aromatic carbocycles. The van der Waals surface area contributed by atoms with Gasteiger partial charge in [0, 0.05) is 17.5 Å². The third kappa shape index (κ3) is 6.04. The molecule has 2 amide bonds. The number of carbonyl (C=O) groups is 2. The molecule has 152 valence electrons. The van der Waals surface area contributed by atoms with Crippen LogP contribution < -0.4 is 0 Å². The van der Waals surface area contributed by atoms with Crippen LogP contribution in [0.1, 0.15) is 36.8 Å². The fourth-order valence-corrected chi connectivity index (χ4v) is 3.82. The van der Waals surface area contributed by atoms with Gasteiger partial charge in [-0.05, 0) is 62.4 Å². The molecular weight excluding hydrogens is 399 g/mol. The first-order chi connectivity index (χ1) is 13.2. The van der Waals surface area contributed by atoms with Gasteiger partial charge in [0.05, 0.1) is 6.54 Å². The van der Waals surface area contributed by atoms with Gasteiger partial charge >= 0.3 is 0 Å². The van der Waals surface area contributed by atoms with E-state index in [1.165, 1.54) is 17.0 Å². The van der Waals surface area contributed by atoms with Crippen LogP contribution in [0.5, 0.6) is 0 Å². The van der Waals surface area contributed by atoms with E-state index >= 15 is 0 Å². The van der Waals surface area contributed by atoms with Gasteiger partial charge in [0.15, 0.2) is 0 Å². The van der Waals surface area contributed by atoms with Gasteiger partial charge < -0.3 is 9.80 Å². The number of amides is 2. The van der Waals surface area contributed by atoms with Gasteiger partial charge in [0.1, 0.15) is 17.7 Å². The normalized spacial score (nSPS) is 12.1. The van der Waals surface area contributed by atoms with Gasteiger partial charge in [-0.25, -0.2) is 4.39 Å². The van der Waals surface area contributed by atoms with Crippen molar-refractivity contribution in [3.63, 3.8) is 0 Å². The van der Waals surface area contributed by atoms with Crippen LogP contribution in [0.15, 0.2) is 35.7 Å². The number of nitrogens with zero attached hydrogens (tertiary/aromatic N) is 2. The second kappa shape index (κ2) is 10.0. The highest BCUT2D eigenvalue weighted by molar-refractivity contribution is 7.10. The Balaban J connectivity index is 2.23. The zero-order valence-corrected chi connectivity index (χ0v) is 18.2. The van der Waals surface area contributed by atoms with Crippen molar-refractivity contribution < 1.29 is 14.0 Å². The molecule has 0 fully saturated rings. The summed E-state index contributed by atoms with van der Waals surface area (Å²) < 4.78 is 13.2. The van der Waals surface area contributed by atoms with E-state index in [1.54, 1.807) is 35.3 Å². The molecule has 0 N–H and O–H groups in total. The largest absolute Gasteiger partial charge is 0.332 e. The summed E-state index contributed by atoms with van der Waals surface area (Å²) in [5, 5.41) is 1.30. The van der Waals surface area contributed by atoms with E-state index in [4.69, 9.17) is 11.6 Å². The molecule has 0 aliphatic carbocycles. The number of benzene rings is 1. The summed E-state index contributed by atoms with van der Waals surface area (Å²) in [6.45, 7) is 8.07. The average Bonchev–Trinajstić information content (AvgIpc) is 3.04. The summed E-state index contributed by atoms with van der Waals surface area (Å²) in [5.74, 6) is -0.751. The van der Waals surface area contributed by atoms with Crippen LogP contribution in [0.3, 0.4) is 0 Å². The molecule has 0 saturated carbocycles. The average molecular weight is 425 g/mol. The van der Waals surface area contributed by atoms with Gasteiger partial charge in [-0.15, -0.1) is 22.9 Å². The van der Waals surface area contributed by atoms with E-state index in [1.807, 2.05) is 32.2 Å². The number of carbonyl (C=O) groups excluding carboxylic acids is 2. The van der Waals surface area contributed by atoms with Crippen molar-refractivity contribution in [2.45, 2.75) is 52.2 Å². The van der Waals surface area contributed by atoms with Crippen LogP contribution in [0.25, 0.3) is 0 Å². The lowest BCUT2D eigenvalue weighted by molar-refractivity contribution is -0.142. The van der Waals surface area contributed by atoms with Crippen molar-refractivity contribution in [3.8, 4) is 0 Å². The molecule has 0 unspecified atom stereocenters. The fourth-order valence-electron chi connectivity index (χ4n) is 2.77. The minimum Gasteiger partial charge on any atom is -0.332 e. The number of hydrogen-bond acceptors (Lipinski definition) is 3. The predicted molar refractivity (Wildman–Crippen MR) is 112 cm³/mol. The Morgan fingerprint density at radius 2 is 1.75 bits per heavy atom. The Hall–Kier alpha value is -1.92. The Morgan fingerprint density at radius 3 is 2.25 bits per heavy atom. The zero-order valence-electron chi connectivity index (χ0n) is 16.6. The van der Waals surface area contributed by atoms with Crippen LogP contribution in [0.4, 0.5) is 4.39 Å². The van der Waals surface area contributed by atoms with Gasteiger partial charge in [-0.2, -0.15) is 0 Å². The van der Waals surface area contributed by atoms with Crippen LogP contribution in [-0.2, 0) is 22.7 Å². The molecular formula is C21H26ClFN2O2S. The van der Waals surface area contributed by atoms with Crippen molar-refractivity contribution in [1.29, 1.82) is 0 Å². The molecule has 1 heterocycles. The quantitative estimate of drug-likeness (QED) is 0.581. The third-order valence-electron chi connectivity index (χ3n) is 4.49. The van der Waals surface area contributed by atoms with Crippen LogP contribution in [-0.4, -0.2) is 39.6 Å². The van der Waals surface area contributed by atoms with E-state index in [9.17, 15) is 14.0 Å². The summed E-state index contributed by atoms with van der Waals surface area (Å²) in [7, 11) is 0. The molecule has 2 aromatic rings. The predicted octanol–water partition coefficient (Wildman–Crippen LogP) is 4.59. The molecule has 4 nitrogen and oxygen atoms in total. The Bertz CT molecular complexity index is 805. The fraction of sp³-hybridized carbons (Fsp3) is 0.429. The van der Waals surface area contributed by atoms with Gasteiger partial charge in [0.2, 0.25) is 11.8 Å². The molecule has 0 aliphatic heterocycles. The maximum absolute atomic E-state index is 13.2. The van der Waals surface area contributed by atoms with Crippen LogP contribution in [0.2, 0.25) is 0 Å². The SMILES string of the molecule is Cc1ccsc1CN(Cc1ccc(F)cc1)C(=O)CN(C(=O)[C@H](C)Cl)C(C)C. The molecule has 0 spiro atoms. The summed E-state index contributed by atoms with van der Waals surface area (Å²) in [6.07, 6.45) is 0. The first kappa shape index (κ1) is 22.4. The highest BCUT2D eigenvalue weighted by Crippen LogP contribution is 2.20. The molecule has 1 aromatic heterocycles. The number of alkyl halides is 1. The van der Waals surface area contributed by atoms with E-state index in [2.05, 4.69) is 0 Å². The molecule has 28 heavy (non-hydrogen) atoms. The third-order valence-corrected chi connectivity index (χ3v) is 5.69. The number of hydrogen-bond donors (Lipinski definition) is 0. The van der Waals surface area contributed by atoms with Crippen LogP contribution in [0, 0.1) is 12.7 Å². The number of aryl methyl sites for hydroxylation is 1. The standard InChI is InChI=1S/C21H26ClFN2O2S/c1-14(2)25(21(27)16(4)22)13-20(26)24(12-19-15(3)9-10-28-19)11-17-5-7-18(23)8-6-17/h5-10,14,16H,11-13H2,1-4H3/t16-/m0/s1. The van der Waals surface area contributed by atoms with Gasteiger partial charge in [-0.3, -0.25) is 9.59 Å². The smallest absolute Gasteiger partial charge is 0.242 e. The highest BCUT2D eigenvalue weighted by Gasteiger charge is 2.26. The van der Waals surface area contributed by atoms with Gasteiger partial charge in [0.25, 0.3) is 0 Å². The first-order valence-electron chi connectivity index (χ1n) is 9.18. The zero-order chi connectivity index (χ0) is 20.8. The van der Waals surface area contributed by atoms with Crippen molar-refractivity contribution in [2.24, 2.45) is 0 Å². The lowest BCUT2D eigenvalue weighted by Gasteiger charge is -2.31. The van der Waals surface area contributed by atoms with Crippen LogP contribution >= 0.6 is 22.9 Å². The summed E-state index contributed by atoms with van der Waals surface area (Å²) in [6, 6.07) is 7.97. The van der Waals surface area contributed by atoms with E-state index < -0.39 is 5.38 Å². The summed E-state index contributed by atoms with van der Waals surface area (Å²) in [5.41, 5.74) is 1.95. The maximum Gasteiger partial charge on any atom is 0.242 e. The number of rotatable bonds is 8. The van der Waals surface area contributed by atoms with Gasteiger partial charge in [-0.1, -0.05) is 12.1 Å². The Labute approximate surface area is 174 Å². The minimum absolute atomic E-state index is 0.0425. The number of thiophene rings is 1. The first-order valence-corrected chi connectivity index (χ1v) is 10.5. The lowest BCUT2D eigenvalue weighted by Crippen LogP contribution is -2.47. The van der Waals surface area contributed by atoms with E-state index in [-0.39, 0.29) is 30.2 Å².